The van der Waals surface area contributed by atoms with Gasteiger partial charge < -0.3 is 23.8 Å². The number of hydrogen-bond acceptors (Lipinski definition) is 6. The Kier molecular flexibility index (Phi) is 11.1. The minimum absolute atomic E-state index is 0.260. The maximum atomic E-state index is 13.8. The molecule has 1 unspecified atom stereocenters. The van der Waals surface area contributed by atoms with E-state index in [0.29, 0.717) is 48.7 Å². The molecule has 0 spiro atoms. The van der Waals surface area contributed by atoms with Crippen LogP contribution >= 0.6 is 0 Å². The fraction of sp³-hybridized carbons (Fsp3) is 0.412. The number of esters is 1. The third-order valence-corrected chi connectivity index (χ3v) is 7.82. The first-order valence-electron chi connectivity index (χ1n) is 14.6. The van der Waals surface area contributed by atoms with Crippen molar-refractivity contribution in [1.29, 1.82) is 0 Å². The number of methoxy groups -OCH3 is 3. The van der Waals surface area contributed by atoms with E-state index in [2.05, 4.69) is 24.3 Å². The highest BCUT2D eigenvalue weighted by molar-refractivity contribution is 5.95. The number of hydrogen-bond donors (Lipinski definition) is 0. The molecule has 0 bridgehead atoms. The summed E-state index contributed by atoms with van der Waals surface area (Å²) in [6, 6.07) is 23.0. The number of rotatable bonds is 12. The van der Waals surface area contributed by atoms with Crippen molar-refractivity contribution in [3.05, 3.63) is 83.9 Å². The summed E-state index contributed by atoms with van der Waals surface area (Å²) in [7, 11) is 6.28. The Labute approximate surface area is 249 Å². The molecule has 0 aliphatic carbocycles. The van der Waals surface area contributed by atoms with Crippen LogP contribution in [0.5, 0.6) is 17.2 Å². The zero-order valence-corrected chi connectivity index (χ0v) is 25.1. The quantitative estimate of drug-likeness (QED) is 0.236. The molecule has 3 aromatic carbocycles. The van der Waals surface area contributed by atoms with Gasteiger partial charge in [-0.15, -0.1) is 0 Å². The number of anilines is 1. The number of carbonyl (C=O) groups excluding carboxylic acids is 2. The van der Waals surface area contributed by atoms with Gasteiger partial charge in [0, 0.05) is 25.7 Å². The first kappa shape index (κ1) is 30.8. The van der Waals surface area contributed by atoms with Gasteiger partial charge in [-0.3, -0.25) is 4.90 Å². The van der Waals surface area contributed by atoms with Crippen molar-refractivity contribution in [2.24, 2.45) is 0 Å². The number of aryl methyl sites for hydroxylation is 2. The molecule has 1 fully saturated rings. The van der Waals surface area contributed by atoms with Crippen molar-refractivity contribution < 1.29 is 28.5 Å². The summed E-state index contributed by atoms with van der Waals surface area (Å²) >= 11 is 0. The molecule has 8 nitrogen and oxygen atoms in total. The zero-order chi connectivity index (χ0) is 29.9. The summed E-state index contributed by atoms with van der Waals surface area (Å²) in [6.07, 6.45) is 5.04. The van der Waals surface area contributed by atoms with Gasteiger partial charge in [0.25, 0.3) is 0 Å². The van der Waals surface area contributed by atoms with Crippen molar-refractivity contribution in [2.45, 2.75) is 57.1 Å². The van der Waals surface area contributed by atoms with Crippen LogP contribution in [0.25, 0.3) is 0 Å². The molecule has 1 heterocycles. The van der Waals surface area contributed by atoms with Gasteiger partial charge in [0.15, 0.2) is 11.5 Å². The van der Waals surface area contributed by atoms with E-state index in [-0.39, 0.29) is 18.1 Å². The maximum Gasteiger partial charge on any atom is 0.329 e. The van der Waals surface area contributed by atoms with Crippen LogP contribution in [-0.4, -0.2) is 64.0 Å². The van der Waals surface area contributed by atoms with Crippen molar-refractivity contribution >= 4 is 17.7 Å². The Morgan fingerprint density at radius 1 is 0.833 bits per heavy atom. The largest absolute Gasteiger partial charge is 0.493 e. The Balaban J connectivity index is 1.49. The summed E-state index contributed by atoms with van der Waals surface area (Å²) in [5, 5.41) is 0. The first-order valence-corrected chi connectivity index (χ1v) is 14.6. The molecule has 2 amide bonds. The zero-order valence-electron chi connectivity index (χ0n) is 25.1. The number of amides is 2. The molecular formula is C34H42N2O6. The van der Waals surface area contributed by atoms with Crippen LogP contribution in [0.1, 0.15) is 43.2 Å². The second kappa shape index (κ2) is 15.1. The second-order valence-corrected chi connectivity index (χ2v) is 10.5. The number of carbonyl (C=O) groups is 2. The van der Waals surface area contributed by atoms with E-state index in [1.165, 1.54) is 37.4 Å². The van der Waals surface area contributed by atoms with E-state index >= 15 is 0 Å². The van der Waals surface area contributed by atoms with Gasteiger partial charge in [-0.1, -0.05) is 60.7 Å². The Morgan fingerprint density at radius 3 is 1.88 bits per heavy atom. The van der Waals surface area contributed by atoms with Crippen LogP contribution in [0.4, 0.5) is 10.5 Å². The molecule has 224 valence electrons. The number of benzene rings is 3. The lowest BCUT2D eigenvalue weighted by Crippen LogP contribution is -2.53. The molecule has 0 saturated carbocycles. The number of urea groups is 1. The number of nitrogens with zero attached hydrogens (tertiary/aromatic N) is 2. The molecule has 1 saturated heterocycles. The number of likely N-dealkylation sites (tertiary alicyclic amines) is 1. The lowest BCUT2D eigenvalue weighted by atomic mass is 10.00. The van der Waals surface area contributed by atoms with E-state index in [0.717, 1.165) is 25.7 Å². The summed E-state index contributed by atoms with van der Waals surface area (Å²) in [6.45, 7) is 0.478. The lowest BCUT2D eigenvalue weighted by molar-refractivity contribution is -0.156. The normalized spacial score (nSPS) is 14.8. The van der Waals surface area contributed by atoms with Crippen molar-refractivity contribution in [1.82, 2.24) is 4.90 Å². The first-order chi connectivity index (χ1) is 20.4. The van der Waals surface area contributed by atoms with Gasteiger partial charge in [-0.2, -0.15) is 0 Å². The molecule has 1 aliphatic rings. The van der Waals surface area contributed by atoms with Gasteiger partial charge in [-0.05, 0) is 56.1 Å². The van der Waals surface area contributed by atoms with Gasteiger partial charge in [-0.25, -0.2) is 9.59 Å². The van der Waals surface area contributed by atoms with E-state index in [9.17, 15) is 9.59 Å². The highest BCUT2D eigenvalue weighted by Gasteiger charge is 2.36. The molecule has 3 aromatic rings. The number of piperidine rings is 1. The third-order valence-electron chi connectivity index (χ3n) is 7.82. The molecule has 4 rings (SSSR count). The molecule has 42 heavy (non-hydrogen) atoms. The average Bonchev–Trinajstić information content (AvgIpc) is 3.05. The summed E-state index contributed by atoms with van der Waals surface area (Å²) in [4.78, 5) is 30.7. The van der Waals surface area contributed by atoms with Crippen molar-refractivity contribution in [3.63, 3.8) is 0 Å². The van der Waals surface area contributed by atoms with Gasteiger partial charge >= 0.3 is 12.0 Å². The van der Waals surface area contributed by atoms with Gasteiger partial charge in [0.05, 0.1) is 27.0 Å². The fourth-order valence-electron chi connectivity index (χ4n) is 5.42. The number of ether oxygens (including phenoxy) is 4. The van der Waals surface area contributed by atoms with E-state index in [4.69, 9.17) is 18.9 Å². The maximum absolute atomic E-state index is 13.8. The molecule has 8 heteroatoms. The fourth-order valence-corrected chi connectivity index (χ4v) is 5.42. The Bertz CT molecular complexity index is 1230. The predicted molar refractivity (Wildman–Crippen MR) is 164 cm³/mol. The smallest absolute Gasteiger partial charge is 0.329 e. The van der Waals surface area contributed by atoms with Gasteiger partial charge in [0.1, 0.15) is 12.1 Å². The Morgan fingerprint density at radius 2 is 1.38 bits per heavy atom. The minimum Gasteiger partial charge on any atom is -0.493 e. The Hall–Kier alpha value is -4.20. The highest BCUT2D eigenvalue weighted by atomic mass is 16.5. The minimum atomic E-state index is -0.647. The van der Waals surface area contributed by atoms with E-state index in [1.807, 2.05) is 36.4 Å². The average molecular weight is 575 g/mol. The topological polar surface area (TPSA) is 77.5 Å². The SMILES string of the molecule is COc1cc(N(C)C(=O)N2CCCCC2C(=O)OC(CCc2ccccc2)CCc2ccccc2)cc(OC)c1OC. The monoisotopic (exact) mass is 574 g/mol. The van der Waals surface area contributed by atoms with Crippen molar-refractivity contribution in [3.8, 4) is 17.2 Å². The lowest BCUT2D eigenvalue weighted by Gasteiger charge is -2.37. The van der Waals surface area contributed by atoms with Crippen LogP contribution in [0.15, 0.2) is 72.8 Å². The molecular weight excluding hydrogens is 532 g/mol. The van der Waals surface area contributed by atoms with Crippen LogP contribution in [-0.2, 0) is 22.4 Å². The predicted octanol–water partition coefficient (Wildman–Crippen LogP) is 6.30. The van der Waals surface area contributed by atoms with Crippen LogP contribution in [0, 0.1) is 0 Å². The highest BCUT2D eigenvalue weighted by Crippen LogP contribution is 2.41. The standard InChI is InChI=1S/C34H42N2O6/c1-35(27-23-30(39-2)32(41-4)31(24-27)40-3)34(38)36-22-12-11-17-29(36)33(37)42-28(20-18-25-13-7-5-8-14-25)21-19-26-15-9-6-10-16-26/h5-10,13-16,23-24,28-29H,11-12,17-22H2,1-4H3. The van der Waals surface area contributed by atoms with E-state index in [1.54, 1.807) is 24.1 Å². The third kappa shape index (κ3) is 7.75. The van der Waals surface area contributed by atoms with Gasteiger partial charge in [0.2, 0.25) is 5.75 Å². The molecule has 0 N–H and O–H groups in total. The molecule has 0 aromatic heterocycles. The molecule has 1 atom stereocenters. The molecule has 0 radical (unpaired) electrons. The summed E-state index contributed by atoms with van der Waals surface area (Å²) in [5.41, 5.74) is 2.98. The summed E-state index contributed by atoms with van der Waals surface area (Å²) in [5.74, 6) is 0.995. The van der Waals surface area contributed by atoms with Crippen LogP contribution in [0.2, 0.25) is 0 Å². The molecule has 1 aliphatic heterocycles. The summed E-state index contributed by atoms with van der Waals surface area (Å²) < 4.78 is 22.6. The van der Waals surface area contributed by atoms with Crippen molar-refractivity contribution in [2.75, 3.05) is 39.8 Å². The second-order valence-electron chi connectivity index (χ2n) is 10.5. The van der Waals surface area contributed by atoms with E-state index < -0.39 is 6.04 Å². The van der Waals surface area contributed by atoms with Crippen LogP contribution < -0.4 is 19.1 Å². The van der Waals surface area contributed by atoms with Crippen LogP contribution in [0.3, 0.4) is 0 Å².